The van der Waals surface area contributed by atoms with Gasteiger partial charge in [-0.05, 0) is 54.7 Å². The molecule has 2 rings (SSSR count). The van der Waals surface area contributed by atoms with Crippen molar-refractivity contribution in [3.8, 4) is 0 Å². The number of carbonyl (C=O) groups is 1. The quantitative estimate of drug-likeness (QED) is 0.514. The van der Waals surface area contributed by atoms with Gasteiger partial charge in [0.25, 0.3) is 0 Å². The molecule has 0 saturated carbocycles. The van der Waals surface area contributed by atoms with Gasteiger partial charge in [-0.2, -0.15) is 0 Å². The van der Waals surface area contributed by atoms with Crippen molar-refractivity contribution in [3.05, 3.63) is 64.7 Å². The monoisotopic (exact) mass is 389 g/mol. The minimum Gasteiger partial charge on any atom is -0.330 e. The predicted molar refractivity (Wildman–Crippen MR) is 112 cm³/mol. The van der Waals surface area contributed by atoms with Crippen LogP contribution in [0.1, 0.15) is 37.8 Å². The Morgan fingerprint density at radius 2 is 1.69 bits per heavy atom. The van der Waals surface area contributed by atoms with E-state index in [0.29, 0.717) is 16.6 Å². The number of carbonyl (C=O) groups excluding carboxylic acids is 1. The molecule has 3 N–H and O–H groups in total. The van der Waals surface area contributed by atoms with Crippen molar-refractivity contribution in [1.29, 1.82) is 0 Å². The van der Waals surface area contributed by atoms with Crippen LogP contribution in [0.15, 0.2) is 48.5 Å². The van der Waals surface area contributed by atoms with E-state index < -0.39 is 0 Å². The number of para-hydroxylation sites is 1. The minimum absolute atomic E-state index is 0.162. The van der Waals surface area contributed by atoms with Gasteiger partial charge < -0.3 is 5.32 Å². The highest BCUT2D eigenvalue weighted by atomic mass is 35.5. The zero-order chi connectivity index (χ0) is 19.1. The summed E-state index contributed by atoms with van der Waals surface area (Å²) in [7, 11) is 0. The number of anilines is 1. The zero-order valence-electron chi connectivity index (χ0n) is 15.2. The first-order valence-corrected chi connectivity index (χ1v) is 9.35. The summed E-state index contributed by atoms with van der Waals surface area (Å²) in [5.41, 5.74) is 8.25. The van der Waals surface area contributed by atoms with E-state index in [1.54, 1.807) is 12.1 Å². The van der Waals surface area contributed by atoms with Crippen molar-refractivity contribution in [2.24, 2.45) is 5.92 Å². The topological polar surface area (TPSA) is 53.2 Å². The first-order valence-electron chi connectivity index (χ1n) is 8.57. The molecular formula is C20H24ClN3OS. The highest BCUT2D eigenvalue weighted by Gasteiger charge is 2.15. The van der Waals surface area contributed by atoms with Gasteiger partial charge in [0.05, 0.1) is 16.6 Å². The third-order valence-electron chi connectivity index (χ3n) is 3.94. The van der Waals surface area contributed by atoms with Gasteiger partial charge in [-0.3, -0.25) is 15.6 Å². The molecule has 2 aromatic rings. The van der Waals surface area contributed by atoms with Crippen molar-refractivity contribution in [2.45, 2.75) is 33.1 Å². The fraction of sp³-hybridized carbons (Fsp3) is 0.300. The summed E-state index contributed by atoms with van der Waals surface area (Å²) in [6.07, 6.45) is 1.03. The van der Waals surface area contributed by atoms with Gasteiger partial charge in [0, 0.05) is 0 Å². The molecule has 1 unspecified atom stereocenters. The van der Waals surface area contributed by atoms with Crippen molar-refractivity contribution < 1.29 is 4.79 Å². The normalized spacial score (nSPS) is 11.7. The third kappa shape index (κ3) is 6.00. The second-order valence-corrected chi connectivity index (χ2v) is 7.42. The molecule has 2 aromatic carbocycles. The Kier molecular flexibility index (Phi) is 7.42. The summed E-state index contributed by atoms with van der Waals surface area (Å²) in [5.74, 6) is 0.154. The molecule has 1 atom stereocenters. The highest BCUT2D eigenvalue weighted by molar-refractivity contribution is 7.80. The number of benzene rings is 2. The SMILES string of the molecule is CC(C)Cc1ccc(C(C)C(=O)NNC(=S)Nc2ccccc2Cl)cc1. The van der Waals surface area contributed by atoms with Gasteiger partial charge >= 0.3 is 0 Å². The Hall–Kier alpha value is -2.11. The fourth-order valence-electron chi connectivity index (χ4n) is 2.51. The van der Waals surface area contributed by atoms with Crippen molar-refractivity contribution in [1.82, 2.24) is 10.9 Å². The zero-order valence-corrected chi connectivity index (χ0v) is 16.7. The first kappa shape index (κ1) is 20.2. The Balaban J connectivity index is 1.86. The summed E-state index contributed by atoms with van der Waals surface area (Å²) in [6, 6.07) is 15.4. The molecule has 0 fully saturated rings. The molecule has 0 spiro atoms. The number of hydrogen-bond acceptors (Lipinski definition) is 2. The van der Waals surface area contributed by atoms with E-state index in [2.05, 4.69) is 42.1 Å². The molecule has 1 amide bonds. The summed E-state index contributed by atoms with van der Waals surface area (Å²) in [5, 5.41) is 3.77. The molecule has 26 heavy (non-hydrogen) atoms. The number of hydrogen-bond donors (Lipinski definition) is 3. The van der Waals surface area contributed by atoms with Gasteiger partial charge in [-0.1, -0.05) is 61.8 Å². The lowest BCUT2D eigenvalue weighted by molar-refractivity contribution is -0.122. The molecule has 0 aromatic heterocycles. The van der Waals surface area contributed by atoms with Crippen LogP contribution in [-0.2, 0) is 11.2 Å². The first-order chi connectivity index (χ1) is 12.4. The Bertz CT molecular complexity index is 762. The number of amides is 1. The lowest BCUT2D eigenvalue weighted by atomic mass is 9.96. The van der Waals surface area contributed by atoms with Crippen LogP contribution < -0.4 is 16.2 Å². The van der Waals surface area contributed by atoms with Gasteiger partial charge in [0.1, 0.15) is 0 Å². The van der Waals surface area contributed by atoms with Crippen LogP contribution >= 0.6 is 23.8 Å². The standard InChI is InChI=1S/C20H24ClN3OS/c1-13(2)12-15-8-10-16(11-9-15)14(3)19(25)23-24-20(26)22-18-7-5-4-6-17(18)21/h4-11,13-14H,12H2,1-3H3,(H,23,25)(H2,22,24,26). The van der Waals surface area contributed by atoms with Gasteiger partial charge in [0.2, 0.25) is 5.91 Å². The van der Waals surface area contributed by atoms with E-state index in [1.807, 2.05) is 31.2 Å². The number of halogens is 1. The van der Waals surface area contributed by atoms with Crippen LogP contribution in [-0.4, -0.2) is 11.0 Å². The van der Waals surface area contributed by atoms with Crippen LogP contribution in [0.4, 0.5) is 5.69 Å². The molecule has 0 aliphatic rings. The number of rotatable bonds is 5. The van der Waals surface area contributed by atoms with Crippen molar-refractivity contribution in [2.75, 3.05) is 5.32 Å². The van der Waals surface area contributed by atoms with Crippen molar-refractivity contribution in [3.63, 3.8) is 0 Å². The largest absolute Gasteiger partial charge is 0.330 e. The lowest BCUT2D eigenvalue weighted by Gasteiger charge is -2.16. The molecule has 0 heterocycles. The Morgan fingerprint density at radius 1 is 1.04 bits per heavy atom. The van der Waals surface area contributed by atoms with Gasteiger partial charge in [-0.15, -0.1) is 0 Å². The van der Waals surface area contributed by atoms with Crippen LogP contribution in [0, 0.1) is 5.92 Å². The second kappa shape index (κ2) is 9.55. The molecule has 0 aliphatic carbocycles. The van der Waals surface area contributed by atoms with E-state index in [1.165, 1.54) is 5.56 Å². The summed E-state index contributed by atoms with van der Waals surface area (Å²) < 4.78 is 0. The molecular weight excluding hydrogens is 366 g/mol. The van der Waals surface area contributed by atoms with E-state index in [9.17, 15) is 4.79 Å². The average Bonchev–Trinajstić information content (AvgIpc) is 2.61. The molecule has 4 nitrogen and oxygen atoms in total. The predicted octanol–water partition coefficient (Wildman–Crippen LogP) is 4.66. The molecule has 6 heteroatoms. The van der Waals surface area contributed by atoms with E-state index >= 15 is 0 Å². The minimum atomic E-state index is -0.293. The van der Waals surface area contributed by atoms with Gasteiger partial charge in [0.15, 0.2) is 5.11 Å². The molecule has 138 valence electrons. The number of nitrogens with one attached hydrogen (secondary N) is 3. The third-order valence-corrected chi connectivity index (χ3v) is 4.47. The smallest absolute Gasteiger partial charge is 0.245 e. The van der Waals surface area contributed by atoms with Crippen LogP contribution in [0.25, 0.3) is 0 Å². The maximum atomic E-state index is 12.3. The van der Waals surface area contributed by atoms with Crippen LogP contribution in [0.3, 0.4) is 0 Å². The number of hydrazine groups is 1. The molecule has 0 radical (unpaired) electrons. The maximum Gasteiger partial charge on any atom is 0.245 e. The number of thiocarbonyl (C=S) groups is 1. The van der Waals surface area contributed by atoms with Crippen molar-refractivity contribution >= 4 is 40.5 Å². The van der Waals surface area contributed by atoms with E-state index in [4.69, 9.17) is 23.8 Å². The van der Waals surface area contributed by atoms with Crippen LogP contribution in [0.5, 0.6) is 0 Å². The van der Waals surface area contributed by atoms with Gasteiger partial charge in [-0.25, -0.2) is 0 Å². The maximum absolute atomic E-state index is 12.3. The summed E-state index contributed by atoms with van der Waals surface area (Å²) in [6.45, 7) is 6.24. The molecule has 0 saturated heterocycles. The Morgan fingerprint density at radius 3 is 2.31 bits per heavy atom. The van der Waals surface area contributed by atoms with E-state index in [0.717, 1.165) is 12.0 Å². The average molecular weight is 390 g/mol. The van der Waals surface area contributed by atoms with E-state index in [-0.39, 0.29) is 16.9 Å². The lowest BCUT2D eigenvalue weighted by Crippen LogP contribution is -2.45. The summed E-state index contributed by atoms with van der Waals surface area (Å²) >= 11 is 11.2. The van der Waals surface area contributed by atoms with Crippen LogP contribution in [0.2, 0.25) is 5.02 Å². The molecule has 0 bridgehead atoms. The second-order valence-electron chi connectivity index (χ2n) is 6.61. The molecule has 0 aliphatic heterocycles. The fourth-order valence-corrected chi connectivity index (χ4v) is 2.85. The Labute approximate surface area is 165 Å². The summed E-state index contributed by atoms with van der Waals surface area (Å²) in [4.78, 5) is 12.3. The highest BCUT2D eigenvalue weighted by Crippen LogP contribution is 2.20.